The van der Waals surface area contributed by atoms with Gasteiger partial charge in [-0.2, -0.15) is 0 Å². The van der Waals surface area contributed by atoms with E-state index >= 15 is 0 Å². The molecular weight excluding hydrogens is 330 g/mol. The number of carboxylic acid groups (broad SMARTS) is 1. The first-order chi connectivity index (χ1) is 12.3. The van der Waals surface area contributed by atoms with Gasteiger partial charge in [-0.05, 0) is 17.7 Å². The molecule has 5 nitrogen and oxygen atoms in total. The standard InChI is InChI=1S/C21H23NO4/c1-21(2,3)20(25)22-12-16-10-9-15(19(23)24)11-18(16)26-13-17(22)14-7-5-4-6-8-14/h4-11,17H,12-13H2,1-3H3,(H,23,24). The second kappa shape index (κ2) is 6.83. The molecule has 0 aromatic heterocycles. The number of carbonyl (C=O) groups excluding carboxylic acids is 1. The van der Waals surface area contributed by atoms with Gasteiger partial charge in [0.15, 0.2) is 0 Å². The Kier molecular flexibility index (Phi) is 4.72. The Morgan fingerprint density at radius 2 is 1.81 bits per heavy atom. The average Bonchev–Trinajstić information content (AvgIpc) is 2.79. The maximum atomic E-state index is 13.1. The van der Waals surface area contributed by atoms with Gasteiger partial charge >= 0.3 is 5.97 Å². The van der Waals surface area contributed by atoms with Gasteiger partial charge in [-0.3, -0.25) is 4.79 Å². The van der Waals surface area contributed by atoms with Crippen molar-refractivity contribution in [1.29, 1.82) is 0 Å². The number of ether oxygens (including phenoxy) is 1. The topological polar surface area (TPSA) is 66.8 Å². The molecular formula is C21H23NO4. The molecule has 26 heavy (non-hydrogen) atoms. The first kappa shape index (κ1) is 18.0. The van der Waals surface area contributed by atoms with Crippen molar-refractivity contribution >= 4 is 11.9 Å². The lowest BCUT2D eigenvalue weighted by atomic mass is 9.92. The third-order valence-corrected chi connectivity index (χ3v) is 4.51. The van der Waals surface area contributed by atoms with Crippen LogP contribution in [0.1, 0.15) is 48.3 Å². The van der Waals surface area contributed by atoms with Gasteiger partial charge in [0.2, 0.25) is 5.91 Å². The van der Waals surface area contributed by atoms with Crippen molar-refractivity contribution in [3.63, 3.8) is 0 Å². The molecule has 1 N–H and O–H groups in total. The zero-order chi connectivity index (χ0) is 18.9. The molecule has 1 aliphatic heterocycles. The number of aromatic carboxylic acids is 1. The zero-order valence-corrected chi connectivity index (χ0v) is 15.2. The van der Waals surface area contributed by atoms with Crippen LogP contribution in [-0.4, -0.2) is 28.5 Å². The number of carboxylic acids is 1. The molecule has 0 radical (unpaired) electrons. The molecule has 0 spiro atoms. The van der Waals surface area contributed by atoms with Crippen LogP contribution in [-0.2, 0) is 11.3 Å². The summed E-state index contributed by atoms with van der Waals surface area (Å²) in [6.07, 6.45) is 0. The number of fused-ring (bicyclic) bond motifs is 1. The zero-order valence-electron chi connectivity index (χ0n) is 15.2. The Morgan fingerprint density at radius 1 is 1.12 bits per heavy atom. The van der Waals surface area contributed by atoms with Gasteiger partial charge in [-0.1, -0.05) is 57.2 Å². The van der Waals surface area contributed by atoms with Gasteiger partial charge in [-0.25, -0.2) is 4.79 Å². The summed E-state index contributed by atoms with van der Waals surface area (Å²) in [5, 5.41) is 9.21. The fourth-order valence-electron chi connectivity index (χ4n) is 3.10. The highest BCUT2D eigenvalue weighted by atomic mass is 16.5. The third-order valence-electron chi connectivity index (χ3n) is 4.51. The van der Waals surface area contributed by atoms with Crippen LogP contribution in [0.4, 0.5) is 0 Å². The normalized spacial score (nSPS) is 17.0. The summed E-state index contributed by atoms with van der Waals surface area (Å²) in [5.74, 6) is -0.442. The highest BCUT2D eigenvalue weighted by molar-refractivity contribution is 5.88. The maximum Gasteiger partial charge on any atom is 0.335 e. The molecule has 0 saturated heterocycles. The maximum absolute atomic E-state index is 13.1. The summed E-state index contributed by atoms with van der Waals surface area (Å²) in [6.45, 7) is 6.36. The van der Waals surface area contributed by atoms with E-state index < -0.39 is 11.4 Å². The summed E-state index contributed by atoms with van der Waals surface area (Å²) in [7, 11) is 0. The number of hydrogen-bond acceptors (Lipinski definition) is 3. The van der Waals surface area contributed by atoms with Crippen LogP contribution in [0.15, 0.2) is 48.5 Å². The lowest BCUT2D eigenvalue weighted by Gasteiger charge is -2.34. The Labute approximate surface area is 153 Å². The van der Waals surface area contributed by atoms with E-state index in [1.807, 2.05) is 56.0 Å². The molecule has 136 valence electrons. The minimum absolute atomic E-state index is 0.0325. The summed E-state index contributed by atoms with van der Waals surface area (Å²) in [4.78, 5) is 26.2. The van der Waals surface area contributed by atoms with Crippen LogP contribution in [0.25, 0.3) is 0 Å². The van der Waals surface area contributed by atoms with Gasteiger partial charge < -0.3 is 14.7 Å². The smallest absolute Gasteiger partial charge is 0.335 e. The molecule has 0 bridgehead atoms. The molecule has 1 unspecified atom stereocenters. The van der Waals surface area contributed by atoms with Gasteiger partial charge in [0.05, 0.1) is 18.2 Å². The highest BCUT2D eigenvalue weighted by Gasteiger charge is 2.35. The number of carbonyl (C=O) groups is 2. The van der Waals surface area contributed by atoms with Crippen LogP contribution in [0.3, 0.4) is 0 Å². The van der Waals surface area contributed by atoms with Crippen molar-refractivity contribution in [2.24, 2.45) is 5.41 Å². The molecule has 2 aromatic rings. The number of amides is 1. The molecule has 2 aromatic carbocycles. The second-order valence-corrected chi connectivity index (χ2v) is 7.55. The number of hydrogen-bond donors (Lipinski definition) is 1. The van der Waals surface area contributed by atoms with Crippen molar-refractivity contribution < 1.29 is 19.4 Å². The van der Waals surface area contributed by atoms with Gasteiger partial charge in [0, 0.05) is 11.0 Å². The fourth-order valence-corrected chi connectivity index (χ4v) is 3.10. The largest absolute Gasteiger partial charge is 0.491 e. The van der Waals surface area contributed by atoms with Crippen LogP contribution >= 0.6 is 0 Å². The molecule has 0 fully saturated rings. The fraction of sp³-hybridized carbons (Fsp3) is 0.333. The van der Waals surface area contributed by atoms with Crippen LogP contribution in [0, 0.1) is 5.41 Å². The molecule has 1 amide bonds. The van der Waals surface area contributed by atoms with Crippen molar-refractivity contribution in [3.05, 3.63) is 65.2 Å². The molecule has 5 heteroatoms. The van der Waals surface area contributed by atoms with E-state index in [-0.39, 0.29) is 24.1 Å². The molecule has 3 rings (SSSR count). The highest BCUT2D eigenvalue weighted by Crippen LogP contribution is 2.35. The van der Waals surface area contributed by atoms with E-state index in [9.17, 15) is 14.7 Å². The lowest BCUT2D eigenvalue weighted by Crippen LogP contribution is -2.42. The summed E-state index contributed by atoms with van der Waals surface area (Å²) < 4.78 is 5.94. The molecule has 0 saturated carbocycles. The average molecular weight is 353 g/mol. The number of benzene rings is 2. The van der Waals surface area contributed by atoms with Crippen molar-refractivity contribution in [2.45, 2.75) is 33.4 Å². The Hall–Kier alpha value is -2.82. The van der Waals surface area contributed by atoms with E-state index in [1.54, 1.807) is 12.1 Å². The first-order valence-electron chi connectivity index (χ1n) is 8.62. The Balaban J connectivity index is 2.03. The number of nitrogens with zero attached hydrogens (tertiary/aromatic N) is 1. The van der Waals surface area contributed by atoms with E-state index in [2.05, 4.69) is 0 Å². The Morgan fingerprint density at radius 3 is 2.42 bits per heavy atom. The predicted molar refractivity (Wildman–Crippen MR) is 98.1 cm³/mol. The molecule has 1 heterocycles. The van der Waals surface area contributed by atoms with Crippen molar-refractivity contribution in [3.8, 4) is 5.75 Å². The lowest BCUT2D eigenvalue weighted by molar-refractivity contribution is -0.143. The van der Waals surface area contributed by atoms with E-state index in [4.69, 9.17) is 4.74 Å². The molecule has 1 aliphatic rings. The predicted octanol–water partition coefficient (Wildman–Crippen LogP) is 3.89. The first-order valence-corrected chi connectivity index (χ1v) is 8.62. The second-order valence-electron chi connectivity index (χ2n) is 7.55. The third kappa shape index (κ3) is 3.57. The van der Waals surface area contributed by atoms with Gasteiger partial charge in [0.1, 0.15) is 12.4 Å². The van der Waals surface area contributed by atoms with Crippen molar-refractivity contribution in [2.75, 3.05) is 6.61 Å². The molecule has 1 atom stereocenters. The van der Waals surface area contributed by atoms with Gasteiger partial charge in [0.25, 0.3) is 0 Å². The van der Waals surface area contributed by atoms with Crippen LogP contribution < -0.4 is 4.74 Å². The number of rotatable bonds is 2. The summed E-state index contributed by atoms with van der Waals surface area (Å²) in [5.41, 5.74) is 1.46. The van der Waals surface area contributed by atoms with Crippen LogP contribution in [0.2, 0.25) is 0 Å². The van der Waals surface area contributed by atoms with Crippen molar-refractivity contribution in [1.82, 2.24) is 4.90 Å². The summed E-state index contributed by atoms with van der Waals surface area (Å²) >= 11 is 0. The van der Waals surface area contributed by atoms with E-state index in [0.717, 1.165) is 11.1 Å². The van der Waals surface area contributed by atoms with E-state index in [1.165, 1.54) is 6.07 Å². The SMILES string of the molecule is CC(C)(C)C(=O)N1Cc2ccc(C(=O)O)cc2OCC1c1ccccc1. The van der Waals surface area contributed by atoms with Gasteiger partial charge in [-0.15, -0.1) is 0 Å². The summed E-state index contributed by atoms with van der Waals surface area (Å²) in [6, 6.07) is 14.4. The molecule has 0 aliphatic carbocycles. The minimum Gasteiger partial charge on any atom is -0.491 e. The Bertz CT molecular complexity index is 824. The van der Waals surface area contributed by atoms with Crippen LogP contribution in [0.5, 0.6) is 5.75 Å². The van der Waals surface area contributed by atoms with E-state index in [0.29, 0.717) is 12.3 Å². The monoisotopic (exact) mass is 353 g/mol. The minimum atomic E-state index is -0.997. The quantitative estimate of drug-likeness (QED) is 0.889.